The summed E-state index contributed by atoms with van der Waals surface area (Å²) in [7, 11) is 0. The molecule has 1 fully saturated rings. The lowest BCUT2D eigenvalue weighted by Crippen LogP contribution is -2.43. The predicted octanol–water partition coefficient (Wildman–Crippen LogP) is -0.257. The van der Waals surface area contributed by atoms with Crippen molar-refractivity contribution in [1.82, 2.24) is 9.55 Å². The summed E-state index contributed by atoms with van der Waals surface area (Å²) in [6, 6.07) is 0. The molecular weight excluding hydrogens is 288 g/mol. The Morgan fingerprint density at radius 1 is 1.67 bits per heavy atom. The normalized spacial score (nSPS) is 29.3. The van der Waals surface area contributed by atoms with Crippen molar-refractivity contribution in [1.29, 1.82) is 0 Å². The average molecular weight is 303 g/mol. The van der Waals surface area contributed by atoms with E-state index in [2.05, 4.69) is 11.6 Å². The van der Waals surface area contributed by atoms with Gasteiger partial charge in [-0.2, -0.15) is 13.8 Å². The first-order chi connectivity index (χ1) is 9.70. The molecule has 4 N–H and O–H groups in total. The van der Waals surface area contributed by atoms with E-state index in [9.17, 15) is 23.8 Å². The van der Waals surface area contributed by atoms with Crippen molar-refractivity contribution in [2.24, 2.45) is 0 Å². The van der Waals surface area contributed by atoms with Crippen LogP contribution >= 0.6 is 0 Å². The number of anilines is 1. The van der Waals surface area contributed by atoms with Crippen LogP contribution in [0.2, 0.25) is 0 Å². The third kappa shape index (κ3) is 2.43. The van der Waals surface area contributed by atoms with Crippen LogP contribution in [-0.4, -0.2) is 44.0 Å². The SMILES string of the molecule is C=Cc1cn(C2OC(C(C)O)C(O)C2(F)F)c(=O)nc1N. The fraction of sp³-hybridized carbons (Fsp3) is 0.500. The first-order valence-corrected chi connectivity index (χ1v) is 6.10. The van der Waals surface area contributed by atoms with Crippen molar-refractivity contribution in [3.05, 3.63) is 28.8 Å². The van der Waals surface area contributed by atoms with Gasteiger partial charge in [-0.05, 0) is 6.92 Å². The van der Waals surface area contributed by atoms with Crippen molar-refractivity contribution in [3.63, 3.8) is 0 Å². The molecule has 0 bridgehead atoms. The van der Waals surface area contributed by atoms with Gasteiger partial charge in [0.15, 0.2) is 6.10 Å². The third-order valence-electron chi connectivity index (χ3n) is 3.28. The Hall–Kier alpha value is -1.84. The fourth-order valence-electron chi connectivity index (χ4n) is 2.13. The van der Waals surface area contributed by atoms with Gasteiger partial charge in [0.2, 0.25) is 6.23 Å². The van der Waals surface area contributed by atoms with E-state index in [1.54, 1.807) is 0 Å². The molecule has 2 rings (SSSR count). The average Bonchev–Trinajstić information content (AvgIpc) is 2.62. The molecule has 2 heterocycles. The summed E-state index contributed by atoms with van der Waals surface area (Å²) in [4.78, 5) is 15.2. The van der Waals surface area contributed by atoms with Gasteiger partial charge in [0.25, 0.3) is 0 Å². The smallest absolute Gasteiger partial charge is 0.351 e. The van der Waals surface area contributed by atoms with Gasteiger partial charge >= 0.3 is 11.6 Å². The number of hydrogen-bond acceptors (Lipinski definition) is 6. The van der Waals surface area contributed by atoms with Gasteiger partial charge < -0.3 is 20.7 Å². The Kier molecular flexibility index (Phi) is 3.83. The molecule has 21 heavy (non-hydrogen) atoms. The molecule has 1 aliphatic heterocycles. The lowest BCUT2D eigenvalue weighted by Gasteiger charge is -2.21. The number of ether oxygens (including phenoxy) is 1. The zero-order valence-electron chi connectivity index (χ0n) is 11.1. The molecule has 0 spiro atoms. The minimum Gasteiger partial charge on any atom is -0.391 e. The molecule has 1 aromatic rings. The molecule has 4 unspecified atom stereocenters. The maximum absolute atomic E-state index is 14.1. The summed E-state index contributed by atoms with van der Waals surface area (Å²) in [5.74, 6) is -3.93. The van der Waals surface area contributed by atoms with Crippen LogP contribution in [0.3, 0.4) is 0 Å². The minimum atomic E-state index is -3.78. The van der Waals surface area contributed by atoms with Crippen LogP contribution in [0.15, 0.2) is 17.6 Å². The van der Waals surface area contributed by atoms with Crippen LogP contribution in [0.1, 0.15) is 18.7 Å². The summed E-state index contributed by atoms with van der Waals surface area (Å²) < 4.78 is 33.6. The van der Waals surface area contributed by atoms with E-state index in [4.69, 9.17) is 10.5 Å². The maximum Gasteiger partial charge on any atom is 0.351 e. The van der Waals surface area contributed by atoms with Crippen LogP contribution in [-0.2, 0) is 4.74 Å². The number of aliphatic hydroxyl groups is 2. The number of rotatable bonds is 3. The molecule has 1 aromatic heterocycles. The second kappa shape index (κ2) is 5.17. The maximum atomic E-state index is 14.1. The van der Waals surface area contributed by atoms with E-state index < -0.39 is 36.2 Å². The van der Waals surface area contributed by atoms with Crippen molar-refractivity contribution >= 4 is 11.9 Å². The number of nitrogens with zero attached hydrogens (tertiary/aromatic N) is 2. The highest BCUT2D eigenvalue weighted by Gasteiger charge is 2.60. The molecule has 9 heteroatoms. The molecule has 0 aliphatic carbocycles. The quantitative estimate of drug-likeness (QED) is 0.710. The summed E-state index contributed by atoms with van der Waals surface area (Å²) >= 11 is 0. The van der Waals surface area contributed by atoms with E-state index in [0.717, 1.165) is 6.20 Å². The summed E-state index contributed by atoms with van der Waals surface area (Å²) in [5.41, 5.74) is 4.57. The monoisotopic (exact) mass is 303 g/mol. The molecule has 1 saturated heterocycles. The molecule has 1 aliphatic rings. The fourth-order valence-corrected chi connectivity index (χ4v) is 2.13. The van der Waals surface area contributed by atoms with Gasteiger partial charge in [-0.1, -0.05) is 12.7 Å². The van der Waals surface area contributed by atoms with Crippen molar-refractivity contribution in [2.45, 2.75) is 37.4 Å². The molecule has 7 nitrogen and oxygen atoms in total. The topological polar surface area (TPSA) is 111 Å². The van der Waals surface area contributed by atoms with Gasteiger partial charge in [-0.3, -0.25) is 4.57 Å². The number of halogens is 2. The molecule has 0 amide bonds. The predicted molar refractivity (Wildman–Crippen MR) is 69.5 cm³/mol. The minimum absolute atomic E-state index is 0.153. The highest BCUT2D eigenvalue weighted by Crippen LogP contribution is 2.43. The Morgan fingerprint density at radius 2 is 2.29 bits per heavy atom. The Bertz CT molecular complexity index is 617. The Balaban J connectivity index is 2.52. The molecule has 0 aromatic carbocycles. The van der Waals surface area contributed by atoms with Crippen LogP contribution in [0.5, 0.6) is 0 Å². The van der Waals surface area contributed by atoms with Crippen LogP contribution in [0.4, 0.5) is 14.6 Å². The standard InChI is InChI=1S/C12H15F2N3O4/c1-3-6-4-17(11(20)16-9(6)15)10-12(13,14)8(19)7(21-10)5(2)18/h3-5,7-8,10,18-19H,1H2,2H3,(H2,15,16,20). The van der Waals surface area contributed by atoms with Crippen LogP contribution < -0.4 is 11.4 Å². The van der Waals surface area contributed by atoms with Crippen LogP contribution in [0, 0.1) is 0 Å². The number of nitrogens with two attached hydrogens (primary N) is 1. The lowest BCUT2D eigenvalue weighted by atomic mass is 10.1. The van der Waals surface area contributed by atoms with E-state index in [0.29, 0.717) is 4.57 Å². The van der Waals surface area contributed by atoms with E-state index >= 15 is 0 Å². The number of nitrogen functional groups attached to an aromatic ring is 1. The van der Waals surface area contributed by atoms with Crippen molar-refractivity contribution < 1.29 is 23.7 Å². The highest BCUT2D eigenvalue weighted by atomic mass is 19.3. The second-order valence-electron chi connectivity index (χ2n) is 4.79. The number of hydrogen-bond donors (Lipinski definition) is 3. The number of aliphatic hydroxyl groups excluding tert-OH is 2. The highest BCUT2D eigenvalue weighted by molar-refractivity contribution is 5.57. The van der Waals surface area contributed by atoms with E-state index in [1.165, 1.54) is 13.0 Å². The summed E-state index contributed by atoms with van der Waals surface area (Å²) in [5, 5.41) is 19.0. The molecular formula is C12H15F2N3O4. The van der Waals surface area contributed by atoms with Gasteiger partial charge in [-0.15, -0.1) is 0 Å². The van der Waals surface area contributed by atoms with Crippen molar-refractivity contribution in [3.8, 4) is 0 Å². The van der Waals surface area contributed by atoms with Gasteiger partial charge in [-0.25, -0.2) is 4.79 Å². The van der Waals surface area contributed by atoms with E-state index in [-0.39, 0.29) is 11.4 Å². The number of alkyl halides is 2. The Morgan fingerprint density at radius 3 is 2.76 bits per heavy atom. The van der Waals surface area contributed by atoms with Crippen molar-refractivity contribution in [2.75, 3.05) is 5.73 Å². The summed E-state index contributed by atoms with van der Waals surface area (Å²) in [6.45, 7) is 4.63. The third-order valence-corrected chi connectivity index (χ3v) is 3.28. The largest absolute Gasteiger partial charge is 0.391 e. The molecule has 4 atom stereocenters. The zero-order chi connectivity index (χ0) is 15.9. The van der Waals surface area contributed by atoms with E-state index in [1.807, 2.05) is 0 Å². The molecule has 0 saturated carbocycles. The van der Waals surface area contributed by atoms with Gasteiger partial charge in [0.1, 0.15) is 11.9 Å². The zero-order valence-corrected chi connectivity index (χ0v) is 11.1. The van der Waals surface area contributed by atoms with Gasteiger partial charge in [0.05, 0.1) is 6.10 Å². The lowest BCUT2D eigenvalue weighted by molar-refractivity contribution is -0.141. The first kappa shape index (κ1) is 15.5. The Labute approximate surface area is 118 Å². The molecule has 0 radical (unpaired) electrons. The second-order valence-corrected chi connectivity index (χ2v) is 4.79. The molecule has 116 valence electrons. The first-order valence-electron chi connectivity index (χ1n) is 6.10. The van der Waals surface area contributed by atoms with Crippen LogP contribution in [0.25, 0.3) is 6.08 Å². The van der Waals surface area contributed by atoms with Gasteiger partial charge in [0, 0.05) is 11.8 Å². The summed E-state index contributed by atoms with van der Waals surface area (Å²) in [6.07, 6.45) is -4.94. The number of aromatic nitrogens is 2.